The van der Waals surface area contributed by atoms with Crippen LogP contribution in [0.3, 0.4) is 0 Å². The number of amides is 1. The van der Waals surface area contributed by atoms with Gasteiger partial charge in [-0.05, 0) is 20.8 Å². The molecule has 0 unspecified atom stereocenters. The number of halogens is 3. The van der Waals surface area contributed by atoms with E-state index in [-0.39, 0.29) is 58.0 Å². The van der Waals surface area contributed by atoms with Crippen LogP contribution in [0.5, 0.6) is 0 Å². The molecule has 102 valence electrons. The first-order chi connectivity index (χ1) is 7.53. The average Bonchev–Trinajstić information content (AvgIpc) is 1.95. The van der Waals surface area contributed by atoms with E-state index in [1.165, 1.54) is 7.11 Å². The van der Waals surface area contributed by atoms with Gasteiger partial charge in [0, 0.05) is 13.2 Å². The fraction of sp³-hybridized carbons (Fsp3) is 0.889. The van der Waals surface area contributed by atoms with Gasteiger partial charge in [0.1, 0.15) is 5.60 Å². The van der Waals surface area contributed by atoms with Gasteiger partial charge in [-0.2, -0.15) is 0 Å². The average molecular weight is 295 g/mol. The number of carbonyl (C=O) groups is 1. The van der Waals surface area contributed by atoms with Gasteiger partial charge in [-0.1, -0.05) is 6.32 Å². The molecule has 0 aliphatic rings. The van der Waals surface area contributed by atoms with Crippen LogP contribution in [0.25, 0.3) is 0 Å². The summed E-state index contributed by atoms with van der Waals surface area (Å²) in [4.78, 5) is 11.3. The molecule has 0 aromatic carbocycles. The van der Waals surface area contributed by atoms with Crippen LogP contribution in [0.2, 0.25) is 6.32 Å². The molecule has 0 heterocycles. The van der Waals surface area contributed by atoms with E-state index in [2.05, 4.69) is 10.1 Å². The van der Waals surface area contributed by atoms with Crippen LogP contribution in [0, 0.1) is 0 Å². The van der Waals surface area contributed by atoms with E-state index >= 15 is 0 Å². The molecule has 0 aromatic rings. The summed E-state index contributed by atoms with van der Waals surface area (Å²) in [6.45, 7) is -0.296. The molecule has 0 aliphatic carbocycles. The number of hydrogen-bond acceptors (Lipinski definition) is 3. The molecule has 1 amide bonds. The normalized spacial score (nSPS) is 13.5. The maximum atomic E-state index is 12.2. The summed E-state index contributed by atoms with van der Waals surface area (Å²) in [5, 5.41) is 2.14. The summed E-state index contributed by atoms with van der Waals surface area (Å²) in [5.74, 6) is 0. The maximum absolute atomic E-state index is 12.2. The molecule has 0 saturated carbocycles. The molecule has 0 radical (unpaired) electrons. The predicted octanol–water partition coefficient (Wildman–Crippen LogP) is -0.622. The van der Waals surface area contributed by atoms with Crippen molar-refractivity contribution in [2.75, 3.05) is 13.7 Å². The van der Waals surface area contributed by atoms with Crippen molar-refractivity contribution in [2.24, 2.45) is 0 Å². The van der Waals surface area contributed by atoms with Crippen LogP contribution in [0.15, 0.2) is 0 Å². The molecule has 0 aliphatic heterocycles. The largest absolute Gasteiger partial charge is 1.00 e. The second-order valence-electron chi connectivity index (χ2n) is 4.74. The van der Waals surface area contributed by atoms with Gasteiger partial charge in [0.2, 0.25) is 0 Å². The van der Waals surface area contributed by atoms with Crippen LogP contribution >= 0.6 is 0 Å². The van der Waals surface area contributed by atoms with Gasteiger partial charge in [-0.25, -0.2) is 4.79 Å². The van der Waals surface area contributed by atoms with Gasteiger partial charge in [0.15, 0.2) is 0 Å². The van der Waals surface area contributed by atoms with Crippen molar-refractivity contribution < 1.29 is 78.6 Å². The Balaban J connectivity index is 0. The third kappa shape index (κ3) is 13.2. The summed E-state index contributed by atoms with van der Waals surface area (Å²) >= 11 is 0. The molecule has 9 heteroatoms. The Hall–Kier alpha value is 0.721. The number of alkyl carbamates (subject to hydrolysis) is 1. The van der Waals surface area contributed by atoms with Crippen molar-refractivity contribution in [3.05, 3.63) is 0 Å². The molecule has 0 fully saturated rings. The smallest absolute Gasteiger partial charge is 0.449 e. The van der Waals surface area contributed by atoms with E-state index in [4.69, 9.17) is 4.74 Å². The van der Waals surface area contributed by atoms with Crippen molar-refractivity contribution in [2.45, 2.75) is 38.7 Å². The van der Waals surface area contributed by atoms with Gasteiger partial charge in [0.05, 0.1) is 6.61 Å². The fourth-order valence-corrected chi connectivity index (χ4v) is 1.17. The van der Waals surface area contributed by atoms with E-state index in [0.717, 1.165) is 0 Å². The SMILES string of the molecule is COC[C@@H](C[B-](F)(F)F)NC(=O)OC(C)(C)C.[K+]. The van der Waals surface area contributed by atoms with E-state index in [0.29, 0.717) is 0 Å². The first-order valence-corrected chi connectivity index (χ1v) is 5.23. The van der Waals surface area contributed by atoms with E-state index < -0.39 is 31.0 Å². The third-order valence-electron chi connectivity index (χ3n) is 1.64. The number of carbonyl (C=O) groups excluding carboxylic acids is 1. The number of nitrogens with one attached hydrogen (secondary N) is 1. The minimum atomic E-state index is -4.98. The summed E-state index contributed by atoms with van der Waals surface area (Å²) in [6.07, 6.45) is -1.97. The van der Waals surface area contributed by atoms with Crippen LogP contribution < -0.4 is 56.7 Å². The third-order valence-corrected chi connectivity index (χ3v) is 1.64. The van der Waals surface area contributed by atoms with Gasteiger partial charge >= 0.3 is 64.5 Å². The van der Waals surface area contributed by atoms with Crippen molar-refractivity contribution in [1.82, 2.24) is 5.32 Å². The molecule has 0 saturated heterocycles. The van der Waals surface area contributed by atoms with Crippen molar-refractivity contribution in [3.63, 3.8) is 0 Å². The first kappa shape index (κ1) is 21.0. The minimum Gasteiger partial charge on any atom is -0.449 e. The van der Waals surface area contributed by atoms with Crippen LogP contribution in [0.1, 0.15) is 20.8 Å². The number of hydrogen-bond donors (Lipinski definition) is 1. The Labute approximate surface area is 148 Å². The van der Waals surface area contributed by atoms with Crippen LogP contribution in [0.4, 0.5) is 17.7 Å². The molecular weight excluding hydrogens is 277 g/mol. The Morgan fingerprint density at radius 1 is 1.33 bits per heavy atom. The Morgan fingerprint density at radius 3 is 2.17 bits per heavy atom. The maximum Gasteiger partial charge on any atom is 1.00 e. The first-order valence-electron chi connectivity index (χ1n) is 5.23. The van der Waals surface area contributed by atoms with Gasteiger partial charge in [-0.15, -0.1) is 0 Å². The second kappa shape index (κ2) is 8.81. The van der Waals surface area contributed by atoms with Gasteiger partial charge in [-0.3, -0.25) is 0 Å². The van der Waals surface area contributed by atoms with Crippen molar-refractivity contribution in [1.29, 1.82) is 0 Å². The monoisotopic (exact) mass is 295 g/mol. The summed E-state index contributed by atoms with van der Waals surface area (Å²) in [7, 11) is 1.27. The minimum absolute atomic E-state index is 0. The molecular formula is C9H18BF3KNO3. The topological polar surface area (TPSA) is 47.6 Å². The Bertz CT molecular complexity index is 258. The predicted molar refractivity (Wildman–Crippen MR) is 58.9 cm³/mol. The Morgan fingerprint density at radius 2 is 1.83 bits per heavy atom. The van der Waals surface area contributed by atoms with E-state index in [1.807, 2.05) is 0 Å². The van der Waals surface area contributed by atoms with Gasteiger partial charge < -0.3 is 27.7 Å². The zero-order valence-corrected chi connectivity index (χ0v) is 14.6. The summed E-state index contributed by atoms with van der Waals surface area (Å²) in [6, 6.07) is -1.12. The number of ether oxygens (including phenoxy) is 2. The zero-order valence-electron chi connectivity index (χ0n) is 11.4. The molecule has 0 rings (SSSR count). The van der Waals surface area contributed by atoms with Crippen LogP contribution in [-0.2, 0) is 9.47 Å². The molecule has 0 spiro atoms. The summed E-state index contributed by atoms with van der Waals surface area (Å²) in [5.41, 5.74) is -0.745. The molecule has 1 N–H and O–H groups in total. The van der Waals surface area contributed by atoms with Crippen molar-refractivity contribution in [3.8, 4) is 0 Å². The quantitative estimate of drug-likeness (QED) is 0.688. The summed E-state index contributed by atoms with van der Waals surface area (Å²) < 4.78 is 46.2. The van der Waals surface area contributed by atoms with Crippen LogP contribution in [-0.4, -0.2) is 38.4 Å². The van der Waals surface area contributed by atoms with Gasteiger partial charge in [0.25, 0.3) is 0 Å². The fourth-order valence-electron chi connectivity index (χ4n) is 1.17. The standard InChI is InChI=1S/C9H18BF3NO3.K/c1-9(2,3)17-8(15)14-7(6-16-4)5-10(11,12)13;/h7H,5-6H2,1-4H3,(H,14,15);/q-1;+1/t7-;/m1./s1. The molecule has 18 heavy (non-hydrogen) atoms. The zero-order chi connectivity index (χ0) is 13.7. The number of rotatable bonds is 5. The molecule has 1 atom stereocenters. The Kier molecular flexibility index (Phi) is 10.3. The second-order valence-corrected chi connectivity index (χ2v) is 4.74. The number of methoxy groups -OCH3 is 1. The molecule has 4 nitrogen and oxygen atoms in total. The molecule has 0 aromatic heterocycles. The molecule has 0 bridgehead atoms. The van der Waals surface area contributed by atoms with E-state index in [1.54, 1.807) is 20.8 Å². The van der Waals surface area contributed by atoms with E-state index in [9.17, 15) is 17.7 Å². The van der Waals surface area contributed by atoms with Crippen molar-refractivity contribution >= 4 is 13.1 Å².